The maximum Gasteiger partial charge on any atom is 0.221 e. The molecular weight excluding hydrogens is 408 g/mol. The van der Waals surface area contributed by atoms with E-state index < -0.39 is 0 Å². The van der Waals surface area contributed by atoms with Crippen molar-refractivity contribution in [3.63, 3.8) is 0 Å². The van der Waals surface area contributed by atoms with Crippen LogP contribution in [0.4, 0.5) is 0 Å². The van der Waals surface area contributed by atoms with Crippen LogP contribution in [-0.4, -0.2) is 74.5 Å². The molecule has 174 valence electrons. The van der Waals surface area contributed by atoms with E-state index in [4.69, 9.17) is 10.7 Å². The van der Waals surface area contributed by atoms with Gasteiger partial charge < -0.3 is 21.3 Å². The molecule has 0 spiro atoms. The van der Waals surface area contributed by atoms with Gasteiger partial charge in [0.2, 0.25) is 5.91 Å². The molecule has 3 rings (SSSR count). The fraction of sp³-hybridized carbons (Fsp3) is 0.739. The van der Waals surface area contributed by atoms with Crippen LogP contribution in [0.25, 0.3) is 0 Å². The number of primary amides is 1. The van der Waals surface area contributed by atoms with Crippen molar-refractivity contribution in [1.82, 2.24) is 20.4 Å². The molecule has 3 atom stereocenters. The van der Waals surface area contributed by atoms with E-state index in [0.29, 0.717) is 12.0 Å². The number of amides is 1. The van der Waals surface area contributed by atoms with Gasteiger partial charge >= 0.3 is 0 Å². The molecule has 3 unspecified atom stereocenters. The van der Waals surface area contributed by atoms with Crippen molar-refractivity contribution in [2.24, 2.45) is 22.6 Å². The summed E-state index contributed by atoms with van der Waals surface area (Å²) < 4.78 is 0. The van der Waals surface area contributed by atoms with E-state index in [9.17, 15) is 4.79 Å². The summed E-state index contributed by atoms with van der Waals surface area (Å²) in [6.07, 6.45) is 5.49. The molecule has 8 heteroatoms. The number of hydrogen-bond acceptors (Lipinski definition) is 5. The van der Waals surface area contributed by atoms with E-state index >= 15 is 0 Å². The highest BCUT2D eigenvalue weighted by atomic mass is 32.1. The number of guanidine groups is 1. The Bertz CT molecular complexity index is 694. The maximum atomic E-state index is 11.5. The van der Waals surface area contributed by atoms with Gasteiger partial charge in [0.25, 0.3) is 0 Å². The summed E-state index contributed by atoms with van der Waals surface area (Å²) in [5.74, 6) is 1.32. The molecular formula is C23H40N6OS. The number of carbonyl (C=O) groups is 1. The average Bonchev–Trinajstić information content (AvgIpc) is 3.29. The molecule has 7 nitrogen and oxygen atoms in total. The molecule has 2 aliphatic rings. The summed E-state index contributed by atoms with van der Waals surface area (Å²) in [6, 6.07) is 4.89. The van der Waals surface area contributed by atoms with Crippen LogP contribution in [0, 0.1) is 11.8 Å². The number of likely N-dealkylation sites (tertiary alicyclic amines) is 2. The van der Waals surface area contributed by atoms with Crippen LogP contribution < -0.4 is 16.4 Å². The zero-order valence-electron chi connectivity index (χ0n) is 19.2. The second-order valence-electron chi connectivity index (χ2n) is 8.89. The van der Waals surface area contributed by atoms with Crippen molar-refractivity contribution >= 4 is 23.2 Å². The predicted molar refractivity (Wildman–Crippen MR) is 129 cm³/mol. The first-order chi connectivity index (χ1) is 15.1. The second kappa shape index (κ2) is 12.4. The summed E-state index contributed by atoms with van der Waals surface area (Å²) in [4.78, 5) is 22.7. The molecule has 2 saturated heterocycles. The monoisotopic (exact) mass is 448 g/mol. The van der Waals surface area contributed by atoms with Crippen LogP contribution in [0.2, 0.25) is 0 Å². The zero-order chi connectivity index (χ0) is 22.1. The van der Waals surface area contributed by atoms with Crippen LogP contribution in [0.1, 0.15) is 49.9 Å². The van der Waals surface area contributed by atoms with E-state index in [0.717, 1.165) is 71.0 Å². The lowest BCUT2D eigenvalue weighted by Crippen LogP contribution is -2.43. The normalized spacial score (nSPS) is 26.0. The van der Waals surface area contributed by atoms with E-state index in [-0.39, 0.29) is 11.8 Å². The number of carbonyl (C=O) groups excluding carboxylic acids is 1. The number of nitrogens with one attached hydrogen (secondary N) is 2. The van der Waals surface area contributed by atoms with Gasteiger partial charge in [0.15, 0.2) is 5.96 Å². The molecule has 3 heterocycles. The molecule has 0 aliphatic carbocycles. The van der Waals surface area contributed by atoms with Crippen molar-refractivity contribution in [2.45, 2.75) is 45.1 Å². The average molecular weight is 449 g/mol. The summed E-state index contributed by atoms with van der Waals surface area (Å²) in [6.45, 7) is 8.71. The standard InChI is InChI=1S/C23H40N6OS/c1-3-25-23(26-11-7-14-29-13-5-9-19(17-29)22(24)30)27-16-18-8-4-12-28(2)21(18)20-10-6-15-31-20/h6,10,15,18-19,21H,3-5,7-9,11-14,16-17H2,1-2H3,(H2,24,30)(H2,25,26,27). The van der Waals surface area contributed by atoms with Gasteiger partial charge in [0.1, 0.15) is 0 Å². The van der Waals surface area contributed by atoms with Gasteiger partial charge in [-0.2, -0.15) is 0 Å². The Hall–Kier alpha value is -1.64. The lowest BCUT2D eigenvalue weighted by atomic mass is 9.88. The third-order valence-electron chi connectivity index (χ3n) is 6.52. The molecule has 1 aromatic heterocycles. The molecule has 1 aromatic rings. The van der Waals surface area contributed by atoms with Crippen molar-refractivity contribution in [1.29, 1.82) is 0 Å². The van der Waals surface area contributed by atoms with Gasteiger partial charge in [-0.15, -0.1) is 11.3 Å². The highest BCUT2D eigenvalue weighted by molar-refractivity contribution is 7.10. The molecule has 0 saturated carbocycles. The molecule has 0 radical (unpaired) electrons. The number of nitrogens with zero attached hydrogens (tertiary/aromatic N) is 3. The lowest BCUT2D eigenvalue weighted by Gasteiger charge is -2.38. The third kappa shape index (κ3) is 7.19. The number of hydrogen-bond donors (Lipinski definition) is 3. The Morgan fingerprint density at radius 2 is 2.13 bits per heavy atom. The van der Waals surface area contributed by atoms with E-state index in [1.165, 1.54) is 17.7 Å². The summed E-state index contributed by atoms with van der Waals surface area (Å²) >= 11 is 1.86. The van der Waals surface area contributed by atoms with Crippen LogP contribution in [0.15, 0.2) is 22.5 Å². The molecule has 4 N–H and O–H groups in total. The zero-order valence-corrected chi connectivity index (χ0v) is 20.0. The van der Waals surface area contributed by atoms with Gasteiger partial charge in [-0.1, -0.05) is 6.07 Å². The fourth-order valence-electron chi connectivity index (χ4n) is 4.91. The van der Waals surface area contributed by atoms with E-state index in [2.05, 4.69) is 51.9 Å². The number of nitrogens with two attached hydrogens (primary N) is 1. The van der Waals surface area contributed by atoms with Crippen molar-refractivity contribution < 1.29 is 4.79 Å². The fourth-order valence-corrected chi connectivity index (χ4v) is 5.89. The maximum absolute atomic E-state index is 11.5. The first-order valence-electron chi connectivity index (χ1n) is 11.9. The number of aliphatic imine (C=N–C) groups is 1. The van der Waals surface area contributed by atoms with Crippen molar-refractivity contribution in [3.05, 3.63) is 22.4 Å². The summed E-state index contributed by atoms with van der Waals surface area (Å²) in [7, 11) is 2.24. The smallest absolute Gasteiger partial charge is 0.221 e. The summed E-state index contributed by atoms with van der Waals surface area (Å²) in [5.41, 5.74) is 5.50. The van der Waals surface area contributed by atoms with Crippen molar-refractivity contribution in [2.75, 3.05) is 52.9 Å². The van der Waals surface area contributed by atoms with Gasteiger partial charge in [-0.25, -0.2) is 0 Å². The topological polar surface area (TPSA) is 86.0 Å². The minimum atomic E-state index is -0.154. The highest BCUT2D eigenvalue weighted by Gasteiger charge is 2.31. The minimum Gasteiger partial charge on any atom is -0.369 e. The lowest BCUT2D eigenvalue weighted by molar-refractivity contribution is -0.123. The van der Waals surface area contributed by atoms with Crippen LogP contribution in [0.5, 0.6) is 0 Å². The van der Waals surface area contributed by atoms with Gasteiger partial charge in [-0.05, 0) is 83.1 Å². The predicted octanol–water partition coefficient (Wildman–Crippen LogP) is 2.27. The summed E-state index contributed by atoms with van der Waals surface area (Å²) in [5, 5.41) is 9.08. The first-order valence-corrected chi connectivity index (χ1v) is 12.7. The molecule has 0 aromatic carbocycles. The molecule has 2 aliphatic heterocycles. The molecule has 0 bridgehead atoms. The molecule has 2 fully saturated rings. The Morgan fingerprint density at radius 1 is 1.29 bits per heavy atom. The minimum absolute atomic E-state index is 0.0190. The Balaban J connectivity index is 1.47. The number of thiophene rings is 1. The van der Waals surface area contributed by atoms with Crippen LogP contribution in [0.3, 0.4) is 0 Å². The quantitative estimate of drug-likeness (QED) is 0.307. The second-order valence-corrected chi connectivity index (χ2v) is 9.86. The number of piperidine rings is 2. The molecule has 1 amide bonds. The Kier molecular flexibility index (Phi) is 9.61. The van der Waals surface area contributed by atoms with Crippen LogP contribution >= 0.6 is 11.3 Å². The van der Waals surface area contributed by atoms with Gasteiger partial charge in [0.05, 0.1) is 5.92 Å². The van der Waals surface area contributed by atoms with Gasteiger partial charge in [0, 0.05) is 37.1 Å². The molecule has 31 heavy (non-hydrogen) atoms. The first kappa shape index (κ1) is 24.0. The largest absolute Gasteiger partial charge is 0.369 e. The highest BCUT2D eigenvalue weighted by Crippen LogP contribution is 2.37. The van der Waals surface area contributed by atoms with Gasteiger partial charge in [-0.3, -0.25) is 14.7 Å². The Morgan fingerprint density at radius 3 is 2.87 bits per heavy atom. The van der Waals surface area contributed by atoms with Crippen molar-refractivity contribution in [3.8, 4) is 0 Å². The Labute approximate surface area is 191 Å². The van der Waals surface area contributed by atoms with E-state index in [1.54, 1.807) is 0 Å². The van der Waals surface area contributed by atoms with E-state index in [1.807, 2.05) is 11.3 Å². The van der Waals surface area contributed by atoms with Crippen LogP contribution in [-0.2, 0) is 4.79 Å². The SMILES string of the molecule is CCNC(=NCC1CCCN(C)C1c1cccs1)NCCCN1CCCC(C(N)=O)C1. The number of rotatable bonds is 9. The third-order valence-corrected chi connectivity index (χ3v) is 7.46.